The molecule has 1 saturated heterocycles. The number of rotatable bonds is 7. The van der Waals surface area contributed by atoms with Crippen LogP contribution in [-0.4, -0.2) is 65.2 Å². The molecule has 2 fully saturated rings. The van der Waals surface area contributed by atoms with Gasteiger partial charge in [-0.3, -0.25) is 9.69 Å². The van der Waals surface area contributed by atoms with Crippen LogP contribution in [0.3, 0.4) is 0 Å². The third-order valence-corrected chi connectivity index (χ3v) is 7.91. The van der Waals surface area contributed by atoms with Crippen LogP contribution in [0.5, 0.6) is 5.75 Å². The molecule has 6 rings (SSSR count). The smallest absolute Gasteiger partial charge is 0.223 e. The lowest BCUT2D eigenvalue weighted by Crippen LogP contribution is -2.41. The van der Waals surface area contributed by atoms with Gasteiger partial charge >= 0.3 is 0 Å². The molecule has 0 spiro atoms. The summed E-state index contributed by atoms with van der Waals surface area (Å²) < 4.78 is 11.3. The molecule has 1 aliphatic heterocycles. The van der Waals surface area contributed by atoms with Crippen LogP contribution < -0.4 is 15.8 Å². The monoisotopic (exact) mass is 508 g/mol. The van der Waals surface area contributed by atoms with Crippen molar-refractivity contribution >= 4 is 34.4 Å². The van der Waals surface area contributed by atoms with Crippen molar-refractivity contribution in [2.45, 2.75) is 19.0 Å². The lowest BCUT2D eigenvalue weighted by atomic mass is 9.88. The van der Waals surface area contributed by atoms with Gasteiger partial charge in [0.2, 0.25) is 5.91 Å². The van der Waals surface area contributed by atoms with Crippen LogP contribution in [0.15, 0.2) is 36.5 Å². The molecule has 3 aliphatic rings. The molecule has 4 atom stereocenters. The molecule has 4 N–H and O–H groups in total. The molecule has 2 bridgehead atoms. The van der Waals surface area contributed by atoms with E-state index in [1.54, 1.807) is 13.3 Å². The largest absolute Gasteiger partial charge is 0.496 e. The SMILES string of the molecule is COc1c(CN2CCOCC2)cccc1-c1nc2ncc(Cl)c(NC3C4C=CC(C4)C3C(N)=O)c2[nH]1. The number of pyridine rings is 1. The van der Waals surface area contributed by atoms with Crippen LogP contribution in [0, 0.1) is 17.8 Å². The van der Waals surface area contributed by atoms with Gasteiger partial charge < -0.3 is 25.5 Å². The highest BCUT2D eigenvalue weighted by atomic mass is 35.5. The first-order valence-electron chi connectivity index (χ1n) is 12.3. The van der Waals surface area contributed by atoms with E-state index in [1.165, 1.54) is 0 Å². The number of para-hydroxylation sites is 1. The Morgan fingerprint density at radius 3 is 2.89 bits per heavy atom. The number of hydrogen-bond donors (Lipinski definition) is 3. The Hall–Kier alpha value is -3.14. The van der Waals surface area contributed by atoms with Gasteiger partial charge in [-0.1, -0.05) is 35.9 Å². The summed E-state index contributed by atoms with van der Waals surface area (Å²) in [4.78, 5) is 27.2. The van der Waals surface area contributed by atoms with Crippen molar-refractivity contribution in [2.75, 3.05) is 38.7 Å². The number of hydrogen-bond acceptors (Lipinski definition) is 7. The summed E-state index contributed by atoms with van der Waals surface area (Å²) in [6, 6.07) is 5.95. The first-order chi connectivity index (χ1) is 17.5. The maximum atomic E-state index is 12.2. The van der Waals surface area contributed by atoms with Gasteiger partial charge in [-0.15, -0.1) is 0 Å². The Morgan fingerprint density at radius 2 is 2.11 bits per heavy atom. The number of ether oxygens (including phenoxy) is 2. The third kappa shape index (κ3) is 4.01. The molecule has 1 saturated carbocycles. The number of allylic oxidation sites excluding steroid dienone is 1. The van der Waals surface area contributed by atoms with E-state index in [2.05, 4.69) is 38.4 Å². The summed E-state index contributed by atoms with van der Waals surface area (Å²) in [5.74, 6) is 1.23. The first kappa shape index (κ1) is 23.3. The average molecular weight is 509 g/mol. The van der Waals surface area contributed by atoms with E-state index in [-0.39, 0.29) is 29.7 Å². The number of halogens is 1. The maximum Gasteiger partial charge on any atom is 0.223 e. The summed E-state index contributed by atoms with van der Waals surface area (Å²) >= 11 is 6.61. The number of amides is 1. The summed E-state index contributed by atoms with van der Waals surface area (Å²) in [5.41, 5.74) is 9.60. The fraction of sp³-hybridized carbons (Fsp3) is 0.423. The fourth-order valence-electron chi connectivity index (χ4n) is 5.91. The van der Waals surface area contributed by atoms with E-state index in [4.69, 9.17) is 31.8 Å². The molecule has 3 heterocycles. The molecule has 10 heteroatoms. The molecule has 4 unspecified atom stereocenters. The Labute approximate surface area is 214 Å². The molecule has 2 aromatic heterocycles. The van der Waals surface area contributed by atoms with Crippen molar-refractivity contribution in [3.05, 3.63) is 47.1 Å². The number of imidazole rings is 1. The predicted octanol–water partition coefficient (Wildman–Crippen LogP) is 3.21. The van der Waals surface area contributed by atoms with Crippen molar-refractivity contribution in [3.63, 3.8) is 0 Å². The molecular formula is C26H29ClN6O3. The molecule has 3 aromatic rings. The lowest BCUT2D eigenvalue weighted by molar-refractivity contribution is -0.122. The number of primary amides is 1. The number of nitrogens with one attached hydrogen (secondary N) is 2. The summed E-state index contributed by atoms with van der Waals surface area (Å²) in [7, 11) is 1.68. The number of aromatic amines is 1. The Bertz CT molecular complexity index is 1330. The van der Waals surface area contributed by atoms with Crippen LogP contribution in [0.1, 0.15) is 12.0 Å². The van der Waals surface area contributed by atoms with E-state index >= 15 is 0 Å². The molecule has 1 aromatic carbocycles. The van der Waals surface area contributed by atoms with E-state index in [0.717, 1.165) is 56.1 Å². The Balaban J connectivity index is 1.36. The topological polar surface area (TPSA) is 118 Å². The zero-order chi connectivity index (χ0) is 24.8. The number of H-pyrrole nitrogens is 1. The number of methoxy groups -OCH3 is 1. The summed E-state index contributed by atoms with van der Waals surface area (Å²) in [6.07, 6.45) is 6.77. The minimum atomic E-state index is -0.294. The normalized spacial score (nSPS) is 25.5. The van der Waals surface area contributed by atoms with Crippen LogP contribution in [0.25, 0.3) is 22.6 Å². The van der Waals surface area contributed by atoms with Gasteiger partial charge in [0.05, 0.1) is 48.7 Å². The van der Waals surface area contributed by atoms with E-state index in [1.807, 2.05) is 12.1 Å². The second-order valence-electron chi connectivity index (χ2n) is 9.70. The number of nitrogens with two attached hydrogens (primary N) is 1. The second kappa shape index (κ2) is 9.38. The fourth-order valence-corrected chi connectivity index (χ4v) is 6.11. The first-order valence-corrected chi connectivity index (χ1v) is 12.7. The molecule has 0 radical (unpaired) electrons. The number of carbonyl (C=O) groups excluding carboxylic acids is 1. The number of anilines is 1. The van der Waals surface area contributed by atoms with Gasteiger partial charge in [0.1, 0.15) is 17.1 Å². The van der Waals surface area contributed by atoms with Crippen LogP contribution in [0.2, 0.25) is 5.02 Å². The van der Waals surface area contributed by atoms with Gasteiger partial charge in [0.25, 0.3) is 0 Å². The molecule has 1 amide bonds. The standard InChI is InChI=1S/C26H29ClN6O3/c1-35-23-16(13-33-7-9-36-10-8-33)3-2-4-17(23)25-31-22-21(18(27)12-29-26(22)32-25)30-20-15-6-5-14(11-15)19(20)24(28)34/h2-6,12,14-15,19-20H,7-11,13H2,1H3,(H2,28,34)(H2,29,30,31,32). The highest BCUT2D eigenvalue weighted by Gasteiger charge is 2.47. The predicted molar refractivity (Wildman–Crippen MR) is 138 cm³/mol. The van der Waals surface area contributed by atoms with Crippen molar-refractivity contribution in [3.8, 4) is 17.1 Å². The third-order valence-electron chi connectivity index (χ3n) is 7.63. The molecule has 188 valence electrons. The Kier molecular flexibility index (Phi) is 6.07. The summed E-state index contributed by atoms with van der Waals surface area (Å²) in [6.45, 7) is 4.02. The highest BCUT2D eigenvalue weighted by Crippen LogP contribution is 2.46. The van der Waals surface area contributed by atoms with E-state index in [9.17, 15) is 4.79 Å². The quantitative estimate of drug-likeness (QED) is 0.419. The van der Waals surface area contributed by atoms with Crippen LogP contribution in [0.4, 0.5) is 5.69 Å². The molecule has 36 heavy (non-hydrogen) atoms. The number of aromatic nitrogens is 3. The van der Waals surface area contributed by atoms with Crippen LogP contribution in [-0.2, 0) is 16.1 Å². The van der Waals surface area contributed by atoms with E-state index in [0.29, 0.717) is 27.7 Å². The van der Waals surface area contributed by atoms with Gasteiger partial charge in [-0.25, -0.2) is 9.97 Å². The zero-order valence-corrected chi connectivity index (χ0v) is 20.8. The van der Waals surface area contributed by atoms with Crippen molar-refractivity contribution in [1.82, 2.24) is 19.9 Å². The number of fused-ring (bicyclic) bond motifs is 3. The highest BCUT2D eigenvalue weighted by molar-refractivity contribution is 6.34. The number of morpholine rings is 1. The van der Waals surface area contributed by atoms with E-state index < -0.39 is 0 Å². The molecule has 9 nitrogen and oxygen atoms in total. The van der Waals surface area contributed by atoms with Crippen LogP contribution >= 0.6 is 11.6 Å². The van der Waals surface area contributed by atoms with Crippen molar-refractivity contribution < 1.29 is 14.3 Å². The van der Waals surface area contributed by atoms with Crippen molar-refractivity contribution in [1.29, 1.82) is 0 Å². The lowest BCUT2D eigenvalue weighted by Gasteiger charge is -2.28. The zero-order valence-electron chi connectivity index (χ0n) is 20.0. The second-order valence-corrected chi connectivity index (χ2v) is 10.1. The molecular weight excluding hydrogens is 480 g/mol. The maximum absolute atomic E-state index is 12.2. The number of nitrogens with zero attached hydrogens (tertiary/aromatic N) is 3. The minimum Gasteiger partial charge on any atom is -0.496 e. The number of carbonyl (C=O) groups is 1. The molecule has 2 aliphatic carbocycles. The minimum absolute atomic E-state index is 0.126. The summed E-state index contributed by atoms with van der Waals surface area (Å²) in [5, 5.41) is 3.99. The Morgan fingerprint density at radius 1 is 1.31 bits per heavy atom. The van der Waals surface area contributed by atoms with Gasteiger partial charge in [0, 0.05) is 31.2 Å². The van der Waals surface area contributed by atoms with Crippen molar-refractivity contribution in [2.24, 2.45) is 23.5 Å². The van der Waals surface area contributed by atoms with Gasteiger partial charge in [0.15, 0.2) is 5.65 Å². The average Bonchev–Trinajstić information content (AvgIpc) is 3.61. The van der Waals surface area contributed by atoms with Gasteiger partial charge in [-0.2, -0.15) is 0 Å². The van der Waals surface area contributed by atoms with Gasteiger partial charge in [-0.05, 0) is 24.3 Å². The number of benzene rings is 1.